The molecular formula is C3H7N5O2S2. The predicted molar refractivity (Wildman–Crippen MR) is 43.2 cm³/mol. The van der Waals surface area contributed by atoms with E-state index in [-0.39, 0.29) is 17.1 Å². The number of sulfonamides is 1. The number of primary sulfonamides is 1. The van der Waals surface area contributed by atoms with Crippen LogP contribution in [0.2, 0.25) is 0 Å². The first-order valence-corrected chi connectivity index (χ1v) is 5.10. The molecule has 0 saturated carbocycles. The molecule has 1 rings (SSSR count). The third-order valence-electron chi connectivity index (χ3n) is 1.13. The van der Waals surface area contributed by atoms with Gasteiger partial charge in [0.1, 0.15) is 0 Å². The van der Waals surface area contributed by atoms with E-state index in [1.54, 1.807) is 0 Å². The number of hydrogen-bond acceptors (Lipinski definition) is 5. The highest BCUT2D eigenvalue weighted by atomic mass is 32.2. The quantitative estimate of drug-likeness (QED) is 0.597. The van der Waals surface area contributed by atoms with Gasteiger partial charge in [0.25, 0.3) is 0 Å². The molecule has 7 nitrogen and oxygen atoms in total. The Balaban J connectivity index is 2.67. The summed E-state index contributed by atoms with van der Waals surface area (Å²) in [5, 5.41) is 14.0. The third kappa shape index (κ3) is 2.68. The minimum atomic E-state index is -3.46. The molecule has 0 aliphatic heterocycles. The molecule has 0 aliphatic carbocycles. The van der Waals surface area contributed by atoms with Crippen molar-refractivity contribution in [1.29, 1.82) is 0 Å². The van der Waals surface area contributed by atoms with E-state index in [9.17, 15) is 8.42 Å². The molecule has 0 amide bonds. The molecule has 1 aromatic heterocycles. The maximum atomic E-state index is 10.5. The van der Waals surface area contributed by atoms with E-state index < -0.39 is 10.0 Å². The molecule has 0 saturated heterocycles. The van der Waals surface area contributed by atoms with Crippen molar-refractivity contribution in [3.05, 3.63) is 4.77 Å². The van der Waals surface area contributed by atoms with E-state index in [2.05, 4.69) is 15.5 Å². The van der Waals surface area contributed by atoms with Crippen molar-refractivity contribution >= 4 is 22.2 Å². The van der Waals surface area contributed by atoms with Gasteiger partial charge in [-0.05, 0) is 12.2 Å². The summed E-state index contributed by atoms with van der Waals surface area (Å²) in [6, 6.07) is 0. The summed E-state index contributed by atoms with van der Waals surface area (Å²) < 4.78 is 22.6. The van der Waals surface area contributed by atoms with E-state index in [0.717, 1.165) is 0 Å². The Morgan fingerprint density at radius 1 is 1.67 bits per heavy atom. The Bertz CT molecular complexity index is 402. The second-order valence-electron chi connectivity index (χ2n) is 2.10. The first-order valence-electron chi connectivity index (χ1n) is 2.97. The monoisotopic (exact) mass is 209 g/mol. The van der Waals surface area contributed by atoms with Gasteiger partial charge in [-0.25, -0.2) is 18.2 Å². The van der Waals surface area contributed by atoms with Crippen LogP contribution in [0.5, 0.6) is 0 Å². The van der Waals surface area contributed by atoms with Gasteiger partial charge in [0, 0.05) is 0 Å². The van der Waals surface area contributed by atoms with Gasteiger partial charge in [0.15, 0.2) is 0 Å². The van der Waals surface area contributed by atoms with E-state index in [1.807, 2.05) is 0 Å². The Labute approximate surface area is 73.6 Å². The van der Waals surface area contributed by atoms with Gasteiger partial charge in [-0.3, -0.25) is 0 Å². The molecule has 0 bridgehead atoms. The number of nitrogens with two attached hydrogens (primary N) is 1. The summed E-state index contributed by atoms with van der Waals surface area (Å²) in [6.45, 7) is 0.144. The zero-order valence-corrected chi connectivity index (χ0v) is 7.60. The molecule has 0 radical (unpaired) electrons. The molecule has 0 atom stereocenters. The number of hydrogen-bond donors (Lipinski definition) is 2. The van der Waals surface area contributed by atoms with Crippen molar-refractivity contribution < 1.29 is 8.42 Å². The summed E-state index contributed by atoms with van der Waals surface area (Å²) in [5.74, 6) is -0.189. The van der Waals surface area contributed by atoms with E-state index in [4.69, 9.17) is 17.4 Å². The minimum Gasteiger partial charge on any atom is -0.241 e. The molecule has 68 valence electrons. The SMILES string of the molecule is NS(=O)(=O)CCn1[nH]nnc1=S. The van der Waals surface area contributed by atoms with Crippen molar-refractivity contribution in [3.63, 3.8) is 0 Å². The fourth-order valence-corrected chi connectivity index (χ4v) is 1.19. The predicted octanol–water partition coefficient (Wildman–Crippen LogP) is -1.38. The fourth-order valence-electron chi connectivity index (χ4n) is 0.580. The van der Waals surface area contributed by atoms with Crippen LogP contribution in [-0.2, 0) is 16.6 Å². The van der Waals surface area contributed by atoms with Crippen molar-refractivity contribution in [2.75, 3.05) is 5.75 Å². The van der Waals surface area contributed by atoms with Crippen LogP contribution in [0.3, 0.4) is 0 Å². The summed E-state index contributed by atoms with van der Waals surface area (Å²) in [7, 11) is -3.46. The van der Waals surface area contributed by atoms with Crippen LogP contribution in [-0.4, -0.2) is 34.4 Å². The van der Waals surface area contributed by atoms with Gasteiger partial charge < -0.3 is 0 Å². The highest BCUT2D eigenvalue weighted by Crippen LogP contribution is 1.85. The number of aryl methyl sites for hydroxylation is 1. The van der Waals surface area contributed by atoms with E-state index >= 15 is 0 Å². The molecule has 1 heterocycles. The molecule has 0 aliphatic rings. The highest BCUT2D eigenvalue weighted by molar-refractivity contribution is 7.89. The zero-order chi connectivity index (χ0) is 9.19. The van der Waals surface area contributed by atoms with Gasteiger partial charge in [-0.2, -0.15) is 5.21 Å². The van der Waals surface area contributed by atoms with Crippen molar-refractivity contribution in [1.82, 2.24) is 20.2 Å². The smallest absolute Gasteiger partial charge is 0.238 e. The van der Waals surface area contributed by atoms with Gasteiger partial charge >= 0.3 is 0 Å². The first kappa shape index (κ1) is 9.29. The van der Waals surface area contributed by atoms with Gasteiger partial charge in [-0.1, -0.05) is 10.3 Å². The van der Waals surface area contributed by atoms with E-state index in [0.29, 0.717) is 0 Å². The number of nitrogens with one attached hydrogen (secondary N) is 1. The fraction of sp³-hybridized carbons (Fsp3) is 0.667. The molecule has 9 heteroatoms. The standard InChI is InChI=1S/C3H7N5O2S2/c4-12(9,10)2-1-8-3(11)5-6-7-8/h1-2H2,(H2,4,9,10)(H,5,7,11). The topological polar surface area (TPSA) is 107 Å². The number of tetrazole rings is 1. The molecule has 1 aromatic rings. The number of nitrogens with zero attached hydrogens (tertiary/aromatic N) is 3. The number of aromatic nitrogens is 4. The molecule has 12 heavy (non-hydrogen) atoms. The van der Waals surface area contributed by atoms with Gasteiger partial charge in [0.2, 0.25) is 14.8 Å². The summed E-state index contributed by atoms with van der Waals surface area (Å²) in [5.41, 5.74) is 0. The maximum Gasteiger partial charge on any atom is 0.238 e. The Morgan fingerprint density at radius 3 is 2.75 bits per heavy atom. The Kier molecular flexibility index (Phi) is 2.55. The van der Waals surface area contributed by atoms with E-state index in [1.165, 1.54) is 4.68 Å². The van der Waals surface area contributed by atoms with Crippen molar-refractivity contribution in [2.45, 2.75) is 6.54 Å². The largest absolute Gasteiger partial charge is 0.241 e. The number of rotatable bonds is 3. The van der Waals surface area contributed by atoms with Crippen LogP contribution >= 0.6 is 12.2 Å². The highest BCUT2D eigenvalue weighted by Gasteiger charge is 2.03. The lowest BCUT2D eigenvalue weighted by Crippen LogP contribution is -2.20. The van der Waals surface area contributed by atoms with Crippen molar-refractivity contribution in [3.8, 4) is 0 Å². The second-order valence-corrected chi connectivity index (χ2v) is 4.20. The van der Waals surface area contributed by atoms with Gasteiger partial charge in [0.05, 0.1) is 12.3 Å². The first-order chi connectivity index (χ1) is 5.49. The van der Waals surface area contributed by atoms with Crippen LogP contribution in [0.25, 0.3) is 0 Å². The number of aromatic amines is 1. The molecule has 0 aromatic carbocycles. The minimum absolute atomic E-state index is 0.144. The van der Waals surface area contributed by atoms with Crippen LogP contribution in [0.1, 0.15) is 0 Å². The average Bonchev–Trinajstić information content (AvgIpc) is 2.29. The summed E-state index contributed by atoms with van der Waals surface area (Å²) >= 11 is 4.70. The lowest BCUT2D eigenvalue weighted by atomic mass is 10.8. The summed E-state index contributed by atoms with van der Waals surface area (Å²) in [4.78, 5) is 0. The molecule has 0 fully saturated rings. The summed E-state index contributed by atoms with van der Waals surface area (Å²) in [6.07, 6.45) is 0. The zero-order valence-electron chi connectivity index (χ0n) is 5.97. The normalized spacial score (nSPS) is 11.8. The van der Waals surface area contributed by atoms with Crippen LogP contribution in [0, 0.1) is 4.77 Å². The van der Waals surface area contributed by atoms with Crippen LogP contribution in [0.4, 0.5) is 0 Å². The molecule has 0 unspecified atom stereocenters. The lowest BCUT2D eigenvalue weighted by Gasteiger charge is -1.97. The van der Waals surface area contributed by atoms with Gasteiger partial charge in [-0.15, -0.1) is 0 Å². The molecule has 3 N–H and O–H groups in total. The maximum absolute atomic E-state index is 10.5. The van der Waals surface area contributed by atoms with Crippen LogP contribution < -0.4 is 5.14 Å². The number of H-pyrrole nitrogens is 1. The average molecular weight is 209 g/mol. The molecule has 0 spiro atoms. The molecular weight excluding hydrogens is 202 g/mol. The Morgan fingerprint density at radius 2 is 2.33 bits per heavy atom. The van der Waals surface area contributed by atoms with Crippen LogP contribution in [0.15, 0.2) is 0 Å². The Hall–Kier alpha value is -0.800. The third-order valence-corrected chi connectivity index (χ3v) is 2.18. The van der Waals surface area contributed by atoms with Crippen molar-refractivity contribution in [2.24, 2.45) is 5.14 Å². The second kappa shape index (κ2) is 3.29. The lowest BCUT2D eigenvalue weighted by molar-refractivity contribution is 0.574.